The normalized spacial score (nSPS) is 10.6. The van der Waals surface area contributed by atoms with Crippen LogP contribution in [0.3, 0.4) is 0 Å². The van der Waals surface area contributed by atoms with E-state index in [0.29, 0.717) is 11.5 Å². The topological polar surface area (TPSA) is 99.3 Å². The molecule has 0 unspecified atom stereocenters. The van der Waals surface area contributed by atoms with Gasteiger partial charge in [0.2, 0.25) is 0 Å². The summed E-state index contributed by atoms with van der Waals surface area (Å²) in [7, 11) is 0. The van der Waals surface area contributed by atoms with E-state index in [2.05, 4.69) is 15.0 Å². The number of hydrogen-bond acceptors (Lipinski definition) is 5. The van der Waals surface area contributed by atoms with Crippen LogP contribution >= 0.6 is 0 Å². The zero-order chi connectivity index (χ0) is 17.0. The van der Waals surface area contributed by atoms with Crippen molar-refractivity contribution in [3.63, 3.8) is 0 Å². The number of anilines is 1. The van der Waals surface area contributed by atoms with Crippen molar-refractivity contribution in [3.05, 3.63) is 46.4 Å². The lowest BCUT2D eigenvalue weighted by molar-refractivity contribution is -0.392. The van der Waals surface area contributed by atoms with Crippen LogP contribution in [-0.4, -0.2) is 27.0 Å². The van der Waals surface area contributed by atoms with Crippen LogP contribution in [0.15, 0.2) is 30.5 Å². The molecule has 0 aliphatic rings. The van der Waals surface area contributed by atoms with Crippen molar-refractivity contribution in [2.24, 2.45) is 0 Å². The SMILES string of the molecule is Cc1ncc([N+](=O)[O-])n1CC(=O)Nc1ccc(OC(F)F)cc1. The Morgan fingerprint density at radius 1 is 1.43 bits per heavy atom. The number of aromatic nitrogens is 2. The van der Waals surface area contributed by atoms with E-state index in [1.165, 1.54) is 31.2 Å². The summed E-state index contributed by atoms with van der Waals surface area (Å²) in [5, 5.41) is 13.3. The number of carbonyl (C=O) groups excluding carboxylic acids is 1. The molecule has 0 aliphatic carbocycles. The maximum atomic E-state index is 12.0. The quantitative estimate of drug-likeness (QED) is 0.649. The number of benzene rings is 1. The Morgan fingerprint density at radius 3 is 2.65 bits per heavy atom. The molecule has 0 fully saturated rings. The molecule has 2 rings (SSSR count). The van der Waals surface area contributed by atoms with Crippen LogP contribution in [0.25, 0.3) is 0 Å². The lowest BCUT2D eigenvalue weighted by Gasteiger charge is -2.07. The van der Waals surface area contributed by atoms with Crippen molar-refractivity contribution in [2.75, 3.05) is 5.32 Å². The Hall–Kier alpha value is -3.04. The molecule has 1 aromatic heterocycles. The van der Waals surface area contributed by atoms with Crippen LogP contribution in [0.2, 0.25) is 0 Å². The molecule has 8 nitrogen and oxygen atoms in total. The van der Waals surface area contributed by atoms with Crippen LogP contribution in [0, 0.1) is 17.0 Å². The third-order valence-electron chi connectivity index (χ3n) is 2.89. The monoisotopic (exact) mass is 326 g/mol. The van der Waals surface area contributed by atoms with Crippen LogP contribution in [0.1, 0.15) is 5.82 Å². The van der Waals surface area contributed by atoms with E-state index in [1.54, 1.807) is 0 Å². The average Bonchev–Trinajstić information content (AvgIpc) is 2.82. The summed E-state index contributed by atoms with van der Waals surface area (Å²) in [6.07, 6.45) is 1.07. The molecule has 0 saturated heterocycles. The number of halogens is 2. The molecule has 122 valence electrons. The molecule has 0 atom stereocenters. The first kappa shape index (κ1) is 16.3. The first-order valence-electron chi connectivity index (χ1n) is 6.38. The fraction of sp³-hybridized carbons (Fsp3) is 0.231. The van der Waals surface area contributed by atoms with Crippen molar-refractivity contribution < 1.29 is 23.2 Å². The molecule has 0 spiro atoms. The molecular weight excluding hydrogens is 314 g/mol. The maximum Gasteiger partial charge on any atom is 0.387 e. The van der Waals surface area contributed by atoms with Gasteiger partial charge in [0, 0.05) is 12.6 Å². The van der Waals surface area contributed by atoms with E-state index in [1.807, 2.05) is 0 Å². The Kier molecular flexibility index (Phi) is 4.84. The van der Waals surface area contributed by atoms with Gasteiger partial charge in [-0.25, -0.2) is 9.55 Å². The van der Waals surface area contributed by atoms with Crippen molar-refractivity contribution in [1.82, 2.24) is 9.55 Å². The number of nitrogens with zero attached hydrogens (tertiary/aromatic N) is 3. The summed E-state index contributed by atoms with van der Waals surface area (Å²) in [6, 6.07) is 5.30. The first-order chi connectivity index (χ1) is 10.9. The number of hydrogen-bond donors (Lipinski definition) is 1. The number of rotatable bonds is 6. The Labute approximate surface area is 128 Å². The van der Waals surface area contributed by atoms with Gasteiger partial charge in [0.15, 0.2) is 12.4 Å². The molecule has 2 aromatic rings. The fourth-order valence-electron chi connectivity index (χ4n) is 1.86. The summed E-state index contributed by atoms with van der Waals surface area (Å²) in [5.41, 5.74) is 0.344. The van der Waals surface area contributed by atoms with Crippen molar-refractivity contribution in [3.8, 4) is 5.75 Å². The van der Waals surface area contributed by atoms with Crippen molar-refractivity contribution in [1.29, 1.82) is 0 Å². The van der Waals surface area contributed by atoms with Gasteiger partial charge in [0.25, 0.3) is 5.91 Å². The average molecular weight is 326 g/mol. The van der Waals surface area contributed by atoms with E-state index < -0.39 is 17.4 Å². The number of amides is 1. The highest BCUT2D eigenvalue weighted by molar-refractivity contribution is 5.90. The van der Waals surface area contributed by atoms with Gasteiger partial charge in [-0.2, -0.15) is 8.78 Å². The zero-order valence-corrected chi connectivity index (χ0v) is 11.9. The smallest absolute Gasteiger partial charge is 0.387 e. The molecule has 1 heterocycles. The minimum atomic E-state index is -2.93. The predicted octanol–water partition coefficient (Wildman–Crippen LogP) is 2.34. The highest BCUT2D eigenvalue weighted by Gasteiger charge is 2.20. The van der Waals surface area contributed by atoms with Gasteiger partial charge in [-0.1, -0.05) is 0 Å². The minimum absolute atomic E-state index is 0.0425. The van der Waals surface area contributed by atoms with E-state index in [4.69, 9.17) is 0 Å². The van der Waals surface area contributed by atoms with Crippen molar-refractivity contribution in [2.45, 2.75) is 20.1 Å². The van der Waals surface area contributed by atoms with E-state index in [0.717, 1.165) is 10.8 Å². The van der Waals surface area contributed by atoms with Crippen LogP contribution in [0.5, 0.6) is 5.75 Å². The molecule has 1 amide bonds. The minimum Gasteiger partial charge on any atom is -0.435 e. The van der Waals surface area contributed by atoms with E-state index >= 15 is 0 Å². The molecule has 23 heavy (non-hydrogen) atoms. The number of ether oxygens (including phenoxy) is 1. The first-order valence-corrected chi connectivity index (χ1v) is 6.38. The molecule has 0 saturated carbocycles. The number of alkyl halides is 2. The number of imidazole rings is 1. The van der Waals surface area contributed by atoms with Gasteiger partial charge in [0.1, 0.15) is 11.9 Å². The van der Waals surface area contributed by atoms with Crippen molar-refractivity contribution >= 4 is 17.4 Å². The third kappa shape index (κ3) is 4.22. The number of carbonyl (C=O) groups is 1. The van der Waals surface area contributed by atoms with Gasteiger partial charge in [-0.3, -0.25) is 4.79 Å². The number of nitrogens with one attached hydrogen (secondary N) is 1. The summed E-state index contributed by atoms with van der Waals surface area (Å²) < 4.78 is 29.4. The number of nitro groups is 1. The lowest BCUT2D eigenvalue weighted by Crippen LogP contribution is -2.20. The highest BCUT2D eigenvalue weighted by Crippen LogP contribution is 2.18. The predicted molar refractivity (Wildman–Crippen MR) is 75.3 cm³/mol. The van der Waals surface area contributed by atoms with Gasteiger partial charge in [-0.05, 0) is 29.2 Å². The molecule has 0 radical (unpaired) electrons. The van der Waals surface area contributed by atoms with Gasteiger partial charge < -0.3 is 20.2 Å². The van der Waals surface area contributed by atoms with Gasteiger partial charge in [-0.15, -0.1) is 0 Å². The Balaban J connectivity index is 2.03. The summed E-state index contributed by atoms with van der Waals surface area (Å²) >= 11 is 0. The molecular formula is C13H12F2N4O4. The highest BCUT2D eigenvalue weighted by atomic mass is 19.3. The largest absolute Gasteiger partial charge is 0.435 e. The molecule has 1 aromatic carbocycles. The molecule has 0 bridgehead atoms. The third-order valence-corrected chi connectivity index (χ3v) is 2.89. The second-order valence-electron chi connectivity index (χ2n) is 4.46. The Morgan fingerprint density at radius 2 is 2.09 bits per heavy atom. The zero-order valence-electron chi connectivity index (χ0n) is 11.9. The number of aryl methyl sites for hydroxylation is 1. The molecule has 10 heteroatoms. The van der Waals surface area contributed by atoms with Crippen LogP contribution < -0.4 is 10.1 Å². The second-order valence-corrected chi connectivity index (χ2v) is 4.46. The summed E-state index contributed by atoms with van der Waals surface area (Å²) in [4.78, 5) is 25.9. The fourth-order valence-corrected chi connectivity index (χ4v) is 1.86. The van der Waals surface area contributed by atoms with Crippen LogP contribution in [0.4, 0.5) is 20.3 Å². The molecule has 0 aliphatic heterocycles. The Bertz CT molecular complexity index is 715. The maximum absolute atomic E-state index is 12.0. The second kappa shape index (κ2) is 6.81. The van der Waals surface area contributed by atoms with Gasteiger partial charge >= 0.3 is 12.4 Å². The summed E-state index contributed by atoms with van der Waals surface area (Å²) in [5.74, 6) is -0.526. The molecule has 1 N–H and O–H groups in total. The van der Waals surface area contributed by atoms with Gasteiger partial charge in [0.05, 0.1) is 0 Å². The summed E-state index contributed by atoms with van der Waals surface area (Å²) in [6.45, 7) is -1.69. The lowest BCUT2D eigenvalue weighted by atomic mass is 10.3. The van der Waals surface area contributed by atoms with E-state index in [-0.39, 0.29) is 18.1 Å². The van der Waals surface area contributed by atoms with E-state index in [9.17, 15) is 23.7 Å². The standard InChI is InChI=1S/C13H12F2N4O4/c1-8-16-6-12(19(21)22)18(8)7-11(20)17-9-2-4-10(5-3-9)23-13(14)15/h2-6,13H,7H2,1H3,(H,17,20). The van der Waals surface area contributed by atoms with Crippen LogP contribution in [-0.2, 0) is 11.3 Å².